The number of aryl methyl sites for hydroxylation is 1. The largest absolute Gasteiger partial charge is 0.505 e. The lowest BCUT2D eigenvalue weighted by Crippen LogP contribution is -2.10. The number of hydrogen-bond donors (Lipinski definition) is 1. The highest BCUT2D eigenvalue weighted by molar-refractivity contribution is 9.10. The fraction of sp³-hybridized carbons (Fsp3) is 0.208. The first-order valence-electron chi connectivity index (χ1n) is 9.63. The molecule has 4 rings (SSSR count). The minimum absolute atomic E-state index is 0.0576. The molecule has 30 heavy (non-hydrogen) atoms. The Morgan fingerprint density at radius 1 is 0.967 bits per heavy atom. The molecule has 0 unspecified atom stereocenters. The van der Waals surface area contributed by atoms with E-state index >= 15 is 0 Å². The quantitative estimate of drug-likeness (QED) is 0.299. The molecule has 0 aliphatic rings. The van der Waals surface area contributed by atoms with E-state index in [2.05, 4.69) is 72.1 Å². The second-order valence-corrected chi connectivity index (χ2v) is 10.2. The molecular formula is C24H22BrN3OS. The van der Waals surface area contributed by atoms with Crippen molar-refractivity contribution < 1.29 is 5.11 Å². The molecule has 0 radical (unpaired) electrons. The molecule has 0 saturated heterocycles. The number of thiazole rings is 1. The molecule has 1 aromatic heterocycles. The molecule has 0 atom stereocenters. The van der Waals surface area contributed by atoms with Crippen LogP contribution in [0.4, 0.5) is 11.4 Å². The smallest absolute Gasteiger partial charge is 0.157 e. The molecule has 0 bridgehead atoms. The number of aromatic nitrogens is 1. The highest BCUT2D eigenvalue weighted by Gasteiger charge is 2.18. The monoisotopic (exact) mass is 479 g/mol. The van der Waals surface area contributed by atoms with E-state index in [1.807, 2.05) is 36.4 Å². The number of phenolic OH excluding ortho intramolecular Hbond substituents is 1. The summed E-state index contributed by atoms with van der Waals surface area (Å²) in [5, 5.41) is 19.9. The first-order chi connectivity index (χ1) is 14.2. The number of halogens is 1. The van der Waals surface area contributed by atoms with Gasteiger partial charge in [0, 0.05) is 5.56 Å². The number of benzene rings is 3. The van der Waals surface area contributed by atoms with E-state index in [1.165, 1.54) is 10.3 Å². The van der Waals surface area contributed by atoms with Gasteiger partial charge >= 0.3 is 0 Å². The van der Waals surface area contributed by atoms with Crippen LogP contribution in [0.3, 0.4) is 0 Å². The van der Waals surface area contributed by atoms with Gasteiger partial charge < -0.3 is 5.11 Å². The van der Waals surface area contributed by atoms with Gasteiger partial charge in [-0.1, -0.05) is 26.8 Å². The molecule has 6 heteroatoms. The van der Waals surface area contributed by atoms with Crippen molar-refractivity contribution in [2.75, 3.05) is 0 Å². The van der Waals surface area contributed by atoms with Crippen molar-refractivity contribution in [1.82, 2.24) is 4.98 Å². The highest BCUT2D eigenvalue weighted by Crippen LogP contribution is 2.40. The number of nitrogens with zero attached hydrogens (tertiary/aromatic N) is 3. The first kappa shape index (κ1) is 20.7. The summed E-state index contributed by atoms with van der Waals surface area (Å²) in [6.45, 7) is 8.45. The van der Waals surface area contributed by atoms with E-state index in [1.54, 1.807) is 11.3 Å². The van der Waals surface area contributed by atoms with Crippen LogP contribution < -0.4 is 0 Å². The van der Waals surface area contributed by atoms with Crippen LogP contribution in [0.5, 0.6) is 5.75 Å². The third-order valence-electron chi connectivity index (χ3n) is 4.84. The van der Waals surface area contributed by atoms with Gasteiger partial charge in [-0.05, 0) is 87.9 Å². The first-order valence-corrected chi connectivity index (χ1v) is 11.2. The van der Waals surface area contributed by atoms with Crippen molar-refractivity contribution in [3.63, 3.8) is 0 Å². The Morgan fingerprint density at radius 2 is 1.70 bits per heavy atom. The van der Waals surface area contributed by atoms with Crippen LogP contribution in [0, 0.1) is 6.92 Å². The van der Waals surface area contributed by atoms with E-state index in [9.17, 15) is 5.11 Å². The summed E-state index contributed by atoms with van der Waals surface area (Å²) in [7, 11) is 0. The zero-order chi connectivity index (χ0) is 21.5. The van der Waals surface area contributed by atoms with E-state index in [0.29, 0.717) is 15.8 Å². The van der Waals surface area contributed by atoms with Crippen molar-refractivity contribution in [1.29, 1.82) is 0 Å². The molecule has 4 nitrogen and oxygen atoms in total. The summed E-state index contributed by atoms with van der Waals surface area (Å²) in [5.74, 6) is 0.0909. The van der Waals surface area contributed by atoms with Crippen molar-refractivity contribution in [2.24, 2.45) is 10.2 Å². The Labute approximate surface area is 188 Å². The zero-order valence-electron chi connectivity index (χ0n) is 17.3. The summed E-state index contributed by atoms with van der Waals surface area (Å²) in [4.78, 5) is 4.73. The van der Waals surface area contributed by atoms with E-state index in [0.717, 1.165) is 21.7 Å². The average molecular weight is 480 g/mol. The van der Waals surface area contributed by atoms with Crippen LogP contribution in [0.1, 0.15) is 31.9 Å². The van der Waals surface area contributed by atoms with Crippen LogP contribution in [0.25, 0.3) is 20.8 Å². The Kier molecular flexibility index (Phi) is 5.47. The number of aromatic hydroxyl groups is 1. The summed E-state index contributed by atoms with van der Waals surface area (Å²) < 4.78 is 1.80. The molecule has 0 aliphatic carbocycles. The molecule has 1 N–H and O–H groups in total. The molecule has 0 amide bonds. The van der Waals surface area contributed by atoms with E-state index < -0.39 is 0 Å². The Hall–Kier alpha value is -2.57. The van der Waals surface area contributed by atoms with Gasteiger partial charge in [0.15, 0.2) is 5.75 Å². The minimum atomic E-state index is -0.0576. The van der Waals surface area contributed by atoms with Gasteiger partial charge in [0.1, 0.15) is 10.7 Å². The number of hydrogen-bond acceptors (Lipinski definition) is 5. The van der Waals surface area contributed by atoms with Crippen LogP contribution in [-0.4, -0.2) is 10.1 Å². The minimum Gasteiger partial charge on any atom is -0.505 e. The second-order valence-electron chi connectivity index (χ2n) is 8.31. The van der Waals surface area contributed by atoms with Gasteiger partial charge in [0.25, 0.3) is 0 Å². The Balaban J connectivity index is 1.60. The molecular weight excluding hydrogens is 458 g/mol. The maximum atomic E-state index is 10.3. The summed E-state index contributed by atoms with van der Waals surface area (Å²) >= 11 is 5.10. The summed E-state index contributed by atoms with van der Waals surface area (Å²) in [5.41, 5.74) is 5.48. The van der Waals surface area contributed by atoms with Crippen LogP contribution >= 0.6 is 27.3 Å². The van der Waals surface area contributed by atoms with Crippen LogP contribution in [-0.2, 0) is 5.41 Å². The molecule has 4 aromatic rings. The van der Waals surface area contributed by atoms with Gasteiger partial charge in [-0.3, -0.25) is 0 Å². The molecule has 3 aromatic carbocycles. The summed E-state index contributed by atoms with van der Waals surface area (Å²) in [6, 6.07) is 17.9. The SMILES string of the molecule is Cc1ccc2nc(-c3ccc(N=Nc4cc(C(C)(C)C)cc(Br)c4O)cc3)sc2c1. The zero-order valence-corrected chi connectivity index (χ0v) is 19.7. The molecule has 0 aliphatic heterocycles. The maximum absolute atomic E-state index is 10.3. The molecule has 152 valence electrons. The third-order valence-corrected chi connectivity index (χ3v) is 6.51. The lowest BCUT2D eigenvalue weighted by molar-refractivity contribution is 0.471. The topological polar surface area (TPSA) is 57.8 Å². The Bertz CT molecular complexity index is 1250. The third kappa shape index (κ3) is 4.30. The lowest BCUT2D eigenvalue weighted by Gasteiger charge is -2.20. The number of rotatable bonds is 3. The maximum Gasteiger partial charge on any atom is 0.157 e. The fourth-order valence-corrected chi connectivity index (χ4v) is 4.55. The van der Waals surface area contributed by atoms with Crippen molar-refractivity contribution in [2.45, 2.75) is 33.1 Å². The molecule has 0 spiro atoms. The van der Waals surface area contributed by atoms with Crippen molar-refractivity contribution >= 4 is 48.9 Å². The summed E-state index contributed by atoms with van der Waals surface area (Å²) in [6.07, 6.45) is 0. The van der Waals surface area contributed by atoms with Crippen molar-refractivity contribution in [3.05, 3.63) is 70.2 Å². The standard InChI is InChI=1S/C24H22BrN3OS/c1-14-5-10-19-21(11-14)30-23(26-19)15-6-8-17(9-7-15)27-28-20-13-16(24(2,3)4)12-18(25)22(20)29/h5-13,29H,1-4H3. The highest BCUT2D eigenvalue weighted by atomic mass is 79.9. The normalized spacial score (nSPS) is 12.2. The average Bonchev–Trinajstić information content (AvgIpc) is 3.11. The number of fused-ring (bicyclic) bond motifs is 1. The number of phenols is 1. The predicted octanol–water partition coefficient (Wildman–Crippen LogP) is 8.45. The van der Waals surface area contributed by atoms with Crippen LogP contribution in [0.15, 0.2) is 69.3 Å². The lowest BCUT2D eigenvalue weighted by atomic mass is 9.87. The van der Waals surface area contributed by atoms with Gasteiger partial charge in [-0.25, -0.2) is 4.98 Å². The van der Waals surface area contributed by atoms with E-state index in [4.69, 9.17) is 4.98 Å². The second kappa shape index (κ2) is 7.93. The van der Waals surface area contributed by atoms with Crippen LogP contribution in [0.2, 0.25) is 0 Å². The van der Waals surface area contributed by atoms with E-state index in [-0.39, 0.29) is 11.2 Å². The number of azo groups is 1. The van der Waals surface area contributed by atoms with Gasteiger partial charge in [0.05, 0.1) is 20.4 Å². The predicted molar refractivity (Wildman–Crippen MR) is 128 cm³/mol. The van der Waals surface area contributed by atoms with Gasteiger partial charge in [0.2, 0.25) is 0 Å². The molecule has 0 saturated carbocycles. The molecule has 1 heterocycles. The van der Waals surface area contributed by atoms with Gasteiger partial charge in [-0.15, -0.1) is 16.5 Å². The Morgan fingerprint density at radius 3 is 2.40 bits per heavy atom. The van der Waals surface area contributed by atoms with Crippen molar-refractivity contribution in [3.8, 4) is 16.3 Å². The van der Waals surface area contributed by atoms with Gasteiger partial charge in [-0.2, -0.15) is 5.11 Å². The fourth-order valence-electron chi connectivity index (χ4n) is 3.03. The molecule has 0 fully saturated rings.